The molecule has 1 aliphatic rings. The molecular weight excluding hydrogens is 434 g/mol. The maximum Gasteiger partial charge on any atom is 0.410 e. The second kappa shape index (κ2) is 9.23. The SMILES string of the molecule is CCOC(=O)N1CCc2c(sc3nc(SCC(C)=O)n(Cc4ccccc4)c(=O)c23)C1. The largest absolute Gasteiger partial charge is 0.450 e. The summed E-state index contributed by atoms with van der Waals surface area (Å²) < 4.78 is 6.79. The number of thioether (sulfide) groups is 1. The molecule has 2 aromatic heterocycles. The van der Waals surface area contributed by atoms with E-state index in [2.05, 4.69) is 0 Å². The maximum absolute atomic E-state index is 13.6. The van der Waals surface area contributed by atoms with E-state index in [-0.39, 0.29) is 23.2 Å². The molecule has 7 nitrogen and oxygen atoms in total. The minimum atomic E-state index is -0.335. The Balaban J connectivity index is 1.78. The van der Waals surface area contributed by atoms with E-state index < -0.39 is 0 Å². The van der Waals surface area contributed by atoms with Gasteiger partial charge in [0.1, 0.15) is 10.6 Å². The summed E-state index contributed by atoms with van der Waals surface area (Å²) in [6.07, 6.45) is 0.258. The lowest BCUT2D eigenvalue weighted by molar-refractivity contribution is -0.114. The van der Waals surface area contributed by atoms with Crippen molar-refractivity contribution in [2.45, 2.75) is 38.5 Å². The van der Waals surface area contributed by atoms with Crippen molar-refractivity contribution < 1.29 is 14.3 Å². The number of thiophene rings is 1. The smallest absolute Gasteiger partial charge is 0.410 e. The highest BCUT2D eigenvalue weighted by Crippen LogP contribution is 2.34. The highest BCUT2D eigenvalue weighted by molar-refractivity contribution is 7.99. The summed E-state index contributed by atoms with van der Waals surface area (Å²) in [6, 6.07) is 9.74. The van der Waals surface area contributed by atoms with Crippen molar-refractivity contribution in [1.82, 2.24) is 14.5 Å². The van der Waals surface area contributed by atoms with Gasteiger partial charge in [-0.25, -0.2) is 9.78 Å². The number of ketones is 1. The van der Waals surface area contributed by atoms with Crippen LogP contribution in [0.2, 0.25) is 0 Å². The van der Waals surface area contributed by atoms with Gasteiger partial charge in [0.05, 0.1) is 30.8 Å². The zero-order valence-corrected chi connectivity index (χ0v) is 19.1. The third-order valence-corrected chi connectivity index (χ3v) is 7.27. The van der Waals surface area contributed by atoms with Gasteiger partial charge in [-0.15, -0.1) is 11.3 Å². The average molecular weight is 458 g/mol. The van der Waals surface area contributed by atoms with Gasteiger partial charge in [0.15, 0.2) is 5.16 Å². The van der Waals surface area contributed by atoms with E-state index in [1.165, 1.54) is 30.0 Å². The molecule has 0 radical (unpaired) electrons. The molecule has 1 amide bonds. The number of carbonyl (C=O) groups excluding carboxylic acids is 2. The van der Waals surface area contributed by atoms with Crippen molar-refractivity contribution in [1.29, 1.82) is 0 Å². The van der Waals surface area contributed by atoms with Gasteiger partial charge in [-0.05, 0) is 31.4 Å². The van der Waals surface area contributed by atoms with Gasteiger partial charge < -0.3 is 9.64 Å². The predicted octanol–water partition coefficient (Wildman–Crippen LogP) is 3.70. The maximum atomic E-state index is 13.6. The average Bonchev–Trinajstić information content (AvgIpc) is 3.13. The van der Waals surface area contributed by atoms with Crippen LogP contribution in [0.1, 0.15) is 29.9 Å². The van der Waals surface area contributed by atoms with Gasteiger partial charge in [-0.2, -0.15) is 0 Å². The molecule has 3 aromatic rings. The molecule has 0 saturated carbocycles. The van der Waals surface area contributed by atoms with Crippen LogP contribution >= 0.6 is 23.1 Å². The number of benzene rings is 1. The summed E-state index contributed by atoms with van der Waals surface area (Å²) >= 11 is 2.73. The number of hydrogen-bond acceptors (Lipinski definition) is 7. The topological polar surface area (TPSA) is 81.5 Å². The van der Waals surface area contributed by atoms with Crippen LogP contribution in [0.25, 0.3) is 10.2 Å². The molecule has 0 bridgehead atoms. The fourth-order valence-electron chi connectivity index (χ4n) is 3.61. The summed E-state index contributed by atoms with van der Waals surface area (Å²) in [5.74, 6) is 0.287. The number of nitrogens with zero attached hydrogens (tertiary/aromatic N) is 3. The predicted molar refractivity (Wildman–Crippen MR) is 122 cm³/mol. The summed E-state index contributed by atoms with van der Waals surface area (Å²) in [4.78, 5) is 45.4. The number of carbonyl (C=O) groups is 2. The van der Waals surface area contributed by atoms with Crippen LogP contribution in [0.15, 0.2) is 40.3 Å². The highest BCUT2D eigenvalue weighted by Gasteiger charge is 2.28. The van der Waals surface area contributed by atoms with Gasteiger partial charge in [-0.3, -0.25) is 14.2 Å². The van der Waals surface area contributed by atoms with Crippen LogP contribution in [-0.2, 0) is 29.0 Å². The first-order chi connectivity index (χ1) is 15.0. The fourth-order valence-corrected chi connectivity index (χ4v) is 5.68. The van der Waals surface area contributed by atoms with E-state index in [9.17, 15) is 14.4 Å². The number of ether oxygens (including phenoxy) is 1. The Bertz CT molecular complexity index is 1190. The van der Waals surface area contributed by atoms with Crippen molar-refractivity contribution in [3.8, 4) is 0 Å². The summed E-state index contributed by atoms with van der Waals surface area (Å²) in [5.41, 5.74) is 1.87. The van der Waals surface area contributed by atoms with Crippen LogP contribution in [0.4, 0.5) is 4.79 Å². The van der Waals surface area contributed by atoms with E-state index in [0.717, 1.165) is 16.0 Å². The third-order valence-electron chi connectivity index (χ3n) is 5.04. The van der Waals surface area contributed by atoms with E-state index in [0.29, 0.717) is 48.0 Å². The summed E-state index contributed by atoms with van der Waals surface area (Å²) in [5, 5.41) is 1.17. The molecular formula is C22H23N3O4S2. The first kappa shape index (κ1) is 21.6. The number of hydrogen-bond donors (Lipinski definition) is 0. The fraction of sp³-hybridized carbons (Fsp3) is 0.364. The van der Waals surface area contributed by atoms with Gasteiger partial charge in [0.2, 0.25) is 0 Å². The van der Waals surface area contributed by atoms with Crippen molar-refractivity contribution in [2.75, 3.05) is 18.9 Å². The molecule has 1 aliphatic heterocycles. The summed E-state index contributed by atoms with van der Waals surface area (Å²) in [7, 11) is 0. The van der Waals surface area contributed by atoms with Crippen LogP contribution in [0, 0.1) is 0 Å². The molecule has 9 heteroatoms. The van der Waals surface area contributed by atoms with Crippen molar-refractivity contribution in [2.24, 2.45) is 0 Å². The first-order valence-corrected chi connectivity index (χ1v) is 11.9. The molecule has 0 spiro atoms. The lowest BCUT2D eigenvalue weighted by atomic mass is 10.1. The Labute approximate surface area is 188 Å². The molecule has 3 heterocycles. The first-order valence-electron chi connectivity index (χ1n) is 10.1. The molecule has 0 N–H and O–H groups in total. The molecule has 4 rings (SSSR count). The minimum Gasteiger partial charge on any atom is -0.450 e. The highest BCUT2D eigenvalue weighted by atomic mass is 32.2. The van der Waals surface area contributed by atoms with Crippen LogP contribution in [0.3, 0.4) is 0 Å². The van der Waals surface area contributed by atoms with E-state index in [4.69, 9.17) is 9.72 Å². The lowest BCUT2D eigenvalue weighted by Crippen LogP contribution is -2.36. The van der Waals surface area contributed by atoms with Gasteiger partial charge in [0, 0.05) is 11.4 Å². The molecule has 31 heavy (non-hydrogen) atoms. The van der Waals surface area contributed by atoms with Gasteiger partial charge >= 0.3 is 6.09 Å². The zero-order chi connectivity index (χ0) is 22.0. The Morgan fingerprint density at radius 2 is 2.03 bits per heavy atom. The minimum absolute atomic E-state index is 0.0289. The molecule has 0 unspecified atom stereocenters. The molecule has 0 aliphatic carbocycles. The Hall–Kier alpha value is -2.65. The van der Waals surface area contributed by atoms with Gasteiger partial charge in [-0.1, -0.05) is 42.1 Å². The monoisotopic (exact) mass is 457 g/mol. The van der Waals surface area contributed by atoms with Crippen molar-refractivity contribution in [3.63, 3.8) is 0 Å². The molecule has 162 valence electrons. The lowest BCUT2D eigenvalue weighted by Gasteiger charge is -2.25. The van der Waals surface area contributed by atoms with E-state index in [1.807, 2.05) is 30.3 Å². The molecule has 0 fully saturated rings. The molecule has 0 saturated heterocycles. The Morgan fingerprint density at radius 3 is 2.74 bits per heavy atom. The number of Topliss-reactive ketones (excluding diaryl/α,β-unsaturated/α-hetero) is 1. The zero-order valence-electron chi connectivity index (χ0n) is 17.4. The van der Waals surface area contributed by atoms with Crippen molar-refractivity contribution in [3.05, 3.63) is 56.7 Å². The normalized spacial score (nSPS) is 13.3. The second-order valence-corrected chi connectivity index (χ2v) is 9.34. The van der Waals surface area contributed by atoms with Crippen LogP contribution in [0.5, 0.6) is 0 Å². The number of rotatable bonds is 6. The van der Waals surface area contributed by atoms with E-state index in [1.54, 1.807) is 16.4 Å². The molecule has 1 aromatic carbocycles. The Morgan fingerprint density at radius 1 is 1.26 bits per heavy atom. The number of fused-ring (bicyclic) bond motifs is 3. The second-order valence-electron chi connectivity index (χ2n) is 7.32. The summed E-state index contributed by atoms with van der Waals surface area (Å²) in [6.45, 7) is 4.96. The number of aromatic nitrogens is 2. The number of amides is 1. The van der Waals surface area contributed by atoms with Crippen LogP contribution in [-0.4, -0.2) is 45.2 Å². The Kier molecular flexibility index (Phi) is 6.43. The van der Waals surface area contributed by atoms with Gasteiger partial charge in [0.25, 0.3) is 5.56 Å². The third kappa shape index (κ3) is 4.52. The standard InChI is InChI=1S/C22H23N3O4S2/c1-3-29-22(28)24-10-9-16-17(12-24)31-19-18(16)20(27)25(11-15-7-5-4-6-8-15)21(23-19)30-13-14(2)26/h4-8H,3,9-13H2,1-2H3. The quantitative estimate of drug-likeness (QED) is 0.415. The van der Waals surface area contributed by atoms with Crippen molar-refractivity contribution >= 4 is 45.2 Å². The molecule has 0 atom stereocenters. The van der Waals surface area contributed by atoms with Crippen LogP contribution < -0.4 is 5.56 Å². The van der Waals surface area contributed by atoms with E-state index >= 15 is 0 Å².